The summed E-state index contributed by atoms with van der Waals surface area (Å²) < 4.78 is 28.7. The van der Waals surface area contributed by atoms with Crippen LogP contribution in [0.4, 0.5) is 14.6 Å². The van der Waals surface area contributed by atoms with Crippen molar-refractivity contribution in [1.82, 2.24) is 9.78 Å². The van der Waals surface area contributed by atoms with Gasteiger partial charge in [0.25, 0.3) is 5.56 Å². The molecule has 5 nitrogen and oxygen atoms in total. The maximum absolute atomic E-state index is 14.3. The van der Waals surface area contributed by atoms with E-state index in [1.807, 2.05) is 12.1 Å². The van der Waals surface area contributed by atoms with Gasteiger partial charge in [-0.1, -0.05) is 24.6 Å². The van der Waals surface area contributed by atoms with Crippen molar-refractivity contribution in [3.63, 3.8) is 0 Å². The lowest BCUT2D eigenvalue weighted by molar-refractivity contribution is 0.570. The minimum absolute atomic E-state index is 0.0102. The Morgan fingerprint density at radius 3 is 2.63 bits per heavy atom. The average Bonchev–Trinajstić information content (AvgIpc) is 2.87. The highest BCUT2D eigenvalue weighted by Gasteiger charge is 2.21. The lowest BCUT2D eigenvalue weighted by atomic mass is 10.1. The van der Waals surface area contributed by atoms with Crippen LogP contribution in [0, 0.1) is 11.6 Å². The van der Waals surface area contributed by atoms with Gasteiger partial charge >= 0.3 is 0 Å². The van der Waals surface area contributed by atoms with Crippen molar-refractivity contribution < 1.29 is 8.78 Å². The first-order chi connectivity index (χ1) is 13.0. The molecule has 140 valence electrons. The molecule has 1 atom stereocenters. The molecule has 2 aromatic carbocycles. The number of benzene rings is 2. The lowest BCUT2D eigenvalue weighted by Gasteiger charge is -2.25. The Morgan fingerprint density at radius 1 is 1.07 bits per heavy atom. The van der Waals surface area contributed by atoms with Gasteiger partial charge in [0.05, 0.1) is 5.39 Å². The summed E-state index contributed by atoms with van der Waals surface area (Å²) in [6.45, 7) is 1.37. The Balaban J connectivity index is 1.96. The number of anilines is 1. The van der Waals surface area contributed by atoms with Crippen LogP contribution in [0.15, 0.2) is 47.3 Å². The van der Waals surface area contributed by atoms with Crippen molar-refractivity contribution in [2.45, 2.75) is 25.3 Å². The standard InChI is InChI=1S/C20H20F2N4O/c21-13-8-9-18(17(22)11-13)26-20(27)16-7-2-1-6-15(16)19(24-26)25-10-4-3-5-14(23)12-25/h1-2,6-9,11,14H,3-5,10,12,23H2. The van der Waals surface area contributed by atoms with Gasteiger partial charge in [-0.25, -0.2) is 8.78 Å². The van der Waals surface area contributed by atoms with E-state index in [9.17, 15) is 13.6 Å². The predicted octanol–water partition coefficient (Wildman–Crippen LogP) is 2.98. The molecular formula is C20H20F2N4O. The number of nitrogens with zero attached hydrogens (tertiary/aromatic N) is 3. The van der Waals surface area contributed by atoms with Crippen LogP contribution in [0.3, 0.4) is 0 Å². The van der Waals surface area contributed by atoms with Gasteiger partial charge in [0.1, 0.15) is 11.5 Å². The van der Waals surface area contributed by atoms with E-state index in [0.717, 1.165) is 42.6 Å². The Morgan fingerprint density at radius 2 is 1.85 bits per heavy atom. The summed E-state index contributed by atoms with van der Waals surface area (Å²) in [6.07, 6.45) is 2.93. The number of hydrogen-bond donors (Lipinski definition) is 1. The van der Waals surface area contributed by atoms with E-state index in [1.54, 1.807) is 12.1 Å². The fourth-order valence-corrected chi connectivity index (χ4v) is 3.59. The number of halogens is 2. The van der Waals surface area contributed by atoms with Gasteiger partial charge in [-0.15, -0.1) is 5.10 Å². The SMILES string of the molecule is NC1CCCCN(c2nn(-c3ccc(F)cc3F)c(=O)c3ccccc23)C1. The molecule has 4 rings (SSSR count). The first-order valence-corrected chi connectivity index (χ1v) is 9.02. The van der Waals surface area contributed by atoms with Crippen molar-refractivity contribution in [1.29, 1.82) is 0 Å². The van der Waals surface area contributed by atoms with E-state index < -0.39 is 17.2 Å². The largest absolute Gasteiger partial charge is 0.353 e. The second-order valence-electron chi connectivity index (χ2n) is 6.88. The number of fused-ring (bicyclic) bond motifs is 1. The van der Waals surface area contributed by atoms with Gasteiger partial charge < -0.3 is 10.6 Å². The van der Waals surface area contributed by atoms with Crippen molar-refractivity contribution in [3.8, 4) is 5.69 Å². The number of rotatable bonds is 2. The molecule has 0 bridgehead atoms. The lowest BCUT2D eigenvalue weighted by Crippen LogP contribution is -2.37. The molecular weight excluding hydrogens is 350 g/mol. The van der Waals surface area contributed by atoms with E-state index in [-0.39, 0.29) is 11.7 Å². The van der Waals surface area contributed by atoms with Crippen LogP contribution in [0.25, 0.3) is 16.5 Å². The zero-order valence-corrected chi connectivity index (χ0v) is 14.7. The fraction of sp³-hybridized carbons (Fsp3) is 0.300. The third kappa shape index (κ3) is 3.30. The first kappa shape index (κ1) is 17.6. The summed E-state index contributed by atoms with van der Waals surface area (Å²) in [5, 5.41) is 5.61. The molecule has 1 fully saturated rings. The maximum Gasteiger partial charge on any atom is 0.279 e. The molecule has 0 aliphatic carbocycles. The summed E-state index contributed by atoms with van der Waals surface area (Å²) in [7, 11) is 0. The van der Waals surface area contributed by atoms with E-state index >= 15 is 0 Å². The molecule has 0 spiro atoms. The first-order valence-electron chi connectivity index (χ1n) is 9.02. The summed E-state index contributed by atoms with van der Waals surface area (Å²) in [5.41, 5.74) is 5.66. The van der Waals surface area contributed by atoms with Crippen LogP contribution < -0.4 is 16.2 Å². The third-order valence-electron chi connectivity index (χ3n) is 4.93. The molecule has 1 aliphatic rings. The molecule has 1 unspecified atom stereocenters. The molecule has 1 aliphatic heterocycles. The summed E-state index contributed by atoms with van der Waals surface area (Å²) in [5.74, 6) is -0.950. The van der Waals surface area contributed by atoms with Crippen molar-refractivity contribution in [2.75, 3.05) is 18.0 Å². The summed E-state index contributed by atoms with van der Waals surface area (Å²) in [6, 6.07) is 10.2. The average molecular weight is 370 g/mol. The van der Waals surface area contributed by atoms with Crippen molar-refractivity contribution in [3.05, 3.63) is 64.5 Å². The van der Waals surface area contributed by atoms with Gasteiger partial charge in [-0.2, -0.15) is 4.68 Å². The second-order valence-corrected chi connectivity index (χ2v) is 6.88. The van der Waals surface area contributed by atoms with E-state index in [1.165, 1.54) is 6.07 Å². The van der Waals surface area contributed by atoms with E-state index in [4.69, 9.17) is 5.73 Å². The van der Waals surface area contributed by atoms with Crippen molar-refractivity contribution in [2.24, 2.45) is 5.73 Å². The smallest absolute Gasteiger partial charge is 0.279 e. The summed E-state index contributed by atoms with van der Waals surface area (Å²) >= 11 is 0. The molecule has 2 N–H and O–H groups in total. The predicted molar refractivity (Wildman–Crippen MR) is 101 cm³/mol. The molecule has 2 heterocycles. The van der Waals surface area contributed by atoms with Gasteiger partial charge in [0.2, 0.25) is 0 Å². The molecule has 7 heteroatoms. The number of nitrogens with two attached hydrogens (primary N) is 1. The van der Waals surface area contributed by atoms with Crippen LogP contribution in [0.5, 0.6) is 0 Å². The van der Waals surface area contributed by atoms with Gasteiger partial charge in [-0.05, 0) is 31.0 Å². The highest BCUT2D eigenvalue weighted by Crippen LogP contribution is 2.26. The highest BCUT2D eigenvalue weighted by atomic mass is 19.1. The van der Waals surface area contributed by atoms with Crippen LogP contribution >= 0.6 is 0 Å². The zero-order valence-electron chi connectivity index (χ0n) is 14.7. The van der Waals surface area contributed by atoms with E-state index in [0.29, 0.717) is 23.1 Å². The van der Waals surface area contributed by atoms with Crippen molar-refractivity contribution >= 4 is 16.6 Å². The number of hydrogen-bond acceptors (Lipinski definition) is 4. The normalized spacial score (nSPS) is 17.9. The highest BCUT2D eigenvalue weighted by molar-refractivity contribution is 5.91. The van der Waals surface area contributed by atoms with Crippen LogP contribution in [-0.2, 0) is 0 Å². The number of aromatic nitrogens is 2. The molecule has 0 amide bonds. The second kappa shape index (κ2) is 7.08. The Labute approximate surface area is 155 Å². The molecule has 0 saturated carbocycles. The quantitative estimate of drug-likeness (QED) is 0.753. The van der Waals surface area contributed by atoms with Crippen LogP contribution in [-0.4, -0.2) is 28.9 Å². The molecule has 1 aromatic heterocycles. The summed E-state index contributed by atoms with van der Waals surface area (Å²) in [4.78, 5) is 15.0. The minimum atomic E-state index is -0.835. The molecule has 0 radical (unpaired) electrons. The van der Waals surface area contributed by atoms with Crippen LogP contribution in [0.1, 0.15) is 19.3 Å². The minimum Gasteiger partial charge on any atom is -0.353 e. The van der Waals surface area contributed by atoms with Gasteiger partial charge in [0, 0.05) is 30.6 Å². The van der Waals surface area contributed by atoms with E-state index in [2.05, 4.69) is 10.00 Å². The maximum atomic E-state index is 14.3. The molecule has 1 saturated heterocycles. The fourth-order valence-electron chi connectivity index (χ4n) is 3.59. The van der Waals surface area contributed by atoms with Gasteiger partial charge in [-0.3, -0.25) is 4.79 Å². The van der Waals surface area contributed by atoms with Gasteiger partial charge in [0.15, 0.2) is 11.6 Å². The van der Waals surface area contributed by atoms with Crippen LogP contribution in [0.2, 0.25) is 0 Å². The third-order valence-corrected chi connectivity index (χ3v) is 4.93. The molecule has 3 aromatic rings. The Bertz CT molecular complexity index is 1050. The Kier molecular flexibility index (Phi) is 4.61. The topological polar surface area (TPSA) is 64.2 Å². The Hall–Kier alpha value is -2.80. The monoisotopic (exact) mass is 370 g/mol. The zero-order chi connectivity index (χ0) is 19.0. The molecule has 27 heavy (non-hydrogen) atoms.